The Labute approximate surface area is 94.1 Å². The second-order valence-corrected chi connectivity index (χ2v) is 4.31. The highest BCUT2D eigenvalue weighted by molar-refractivity contribution is 5.35. The maximum absolute atomic E-state index is 11.5. The highest BCUT2D eigenvalue weighted by atomic mass is 16.3. The number of nitrogens with zero attached hydrogens (tertiary/aromatic N) is 2. The zero-order valence-electron chi connectivity index (χ0n) is 9.39. The van der Waals surface area contributed by atoms with Crippen LogP contribution in [0.15, 0.2) is 17.2 Å². The SMILES string of the molecule is CC(O)C1CCN(c2ncc[nH]c2=O)CC1. The first-order chi connectivity index (χ1) is 7.68. The summed E-state index contributed by atoms with van der Waals surface area (Å²) in [5.41, 5.74) is -0.141. The Balaban J connectivity index is 2.05. The molecule has 2 N–H and O–H groups in total. The Hall–Kier alpha value is -1.36. The fourth-order valence-electron chi connectivity index (χ4n) is 2.16. The fraction of sp³-hybridized carbons (Fsp3) is 0.636. The molecule has 5 heteroatoms. The summed E-state index contributed by atoms with van der Waals surface area (Å²) in [6, 6.07) is 0. The van der Waals surface area contributed by atoms with Gasteiger partial charge in [0, 0.05) is 25.5 Å². The monoisotopic (exact) mass is 223 g/mol. The van der Waals surface area contributed by atoms with E-state index < -0.39 is 0 Å². The van der Waals surface area contributed by atoms with Crippen molar-refractivity contribution in [1.29, 1.82) is 0 Å². The van der Waals surface area contributed by atoms with Crippen LogP contribution in [0, 0.1) is 5.92 Å². The third kappa shape index (κ3) is 2.24. The molecule has 0 aliphatic carbocycles. The van der Waals surface area contributed by atoms with Crippen LogP contribution in [0.2, 0.25) is 0 Å². The van der Waals surface area contributed by atoms with E-state index in [0.29, 0.717) is 11.7 Å². The van der Waals surface area contributed by atoms with E-state index >= 15 is 0 Å². The van der Waals surface area contributed by atoms with E-state index in [-0.39, 0.29) is 11.7 Å². The highest BCUT2D eigenvalue weighted by Crippen LogP contribution is 2.22. The van der Waals surface area contributed by atoms with Gasteiger partial charge < -0.3 is 15.0 Å². The minimum atomic E-state index is -0.260. The Bertz CT molecular complexity index is 394. The number of aromatic nitrogens is 2. The van der Waals surface area contributed by atoms with Crippen LogP contribution < -0.4 is 10.5 Å². The van der Waals surface area contributed by atoms with E-state index in [9.17, 15) is 9.90 Å². The van der Waals surface area contributed by atoms with E-state index in [4.69, 9.17) is 0 Å². The molecule has 1 aromatic rings. The third-order valence-electron chi connectivity index (χ3n) is 3.21. The normalized spacial score (nSPS) is 19.8. The van der Waals surface area contributed by atoms with Crippen molar-refractivity contribution in [3.05, 3.63) is 22.7 Å². The number of hydrogen-bond acceptors (Lipinski definition) is 4. The Kier molecular flexibility index (Phi) is 3.24. The molecule has 0 amide bonds. The lowest BCUT2D eigenvalue weighted by atomic mass is 9.92. The molecule has 1 fully saturated rings. The van der Waals surface area contributed by atoms with Gasteiger partial charge in [-0.2, -0.15) is 0 Å². The molecule has 1 unspecified atom stereocenters. The quantitative estimate of drug-likeness (QED) is 0.760. The summed E-state index contributed by atoms with van der Waals surface area (Å²) >= 11 is 0. The zero-order valence-corrected chi connectivity index (χ0v) is 9.39. The van der Waals surface area contributed by atoms with Gasteiger partial charge in [0.05, 0.1) is 6.10 Å². The van der Waals surface area contributed by atoms with Crippen LogP contribution in [0.5, 0.6) is 0 Å². The van der Waals surface area contributed by atoms with Gasteiger partial charge in [0.15, 0.2) is 5.82 Å². The molecule has 1 saturated heterocycles. The summed E-state index contributed by atoms with van der Waals surface area (Å²) in [5, 5.41) is 9.49. The van der Waals surface area contributed by atoms with Crippen molar-refractivity contribution in [3.63, 3.8) is 0 Å². The molecule has 1 aromatic heterocycles. The smallest absolute Gasteiger partial charge is 0.290 e. The number of rotatable bonds is 2. The van der Waals surface area contributed by atoms with E-state index in [1.165, 1.54) is 6.20 Å². The maximum atomic E-state index is 11.5. The van der Waals surface area contributed by atoms with Crippen LogP contribution >= 0.6 is 0 Å². The standard InChI is InChI=1S/C11H17N3O2/c1-8(15)9-2-6-14(7-3-9)10-11(16)13-5-4-12-10/h4-5,8-9,15H,2-3,6-7H2,1H3,(H,13,16). The van der Waals surface area contributed by atoms with Gasteiger partial charge in [0.2, 0.25) is 0 Å². The third-order valence-corrected chi connectivity index (χ3v) is 3.21. The van der Waals surface area contributed by atoms with Crippen LogP contribution in [0.4, 0.5) is 5.82 Å². The molecule has 1 aliphatic rings. The molecule has 88 valence electrons. The van der Waals surface area contributed by atoms with Crippen molar-refractivity contribution < 1.29 is 5.11 Å². The number of H-pyrrole nitrogens is 1. The van der Waals surface area contributed by atoms with Gasteiger partial charge in [-0.1, -0.05) is 0 Å². The lowest BCUT2D eigenvalue weighted by Gasteiger charge is -2.33. The Morgan fingerprint density at radius 2 is 2.25 bits per heavy atom. The van der Waals surface area contributed by atoms with Crippen LogP contribution in [0.3, 0.4) is 0 Å². The lowest BCUT2D eigenvalue weighted by molar-refractivity contribution is 0.109. The van der Waals surface area contributed by atoms with Crippen LogP contribution in [0.1, 0.15) is 19.8 Å². The van der Waals surface area contributed by atoms with E-state index in [2.05, 4.69) is 9.97 Å². The molecule has 2 rings (SSSR count). The Morgan fingerprint density at radius 1 is 1.56 bits per heavy atom. The van der Waals surface area contributed by atoms with Gasteiger partial charge in [0.1, 0.15) is 0 Å². The summed E-state index contributed by atoms with van der Waals surface area (Å²) in [7, 11) is 0. The molecule has 0 spiro atoms. The second-order valence-electron chi connectivity index (χ2n) is 4.31. The largest absolute Gasteiger partial charge is 0.393 e. The second kappa shape index (κ2) is 4.65. The molecule has 0 saturated carbocycles. The number of aromatic amines is 1. The molecule has 1 atom stereocenters. The van der Waals surface area contributed by atoms with Crippen molar-refractivity contribution in [3.8, 4) is 0 Å². The average Bonchev–Trinajstić information content (AvgIpc) is 2.30. The van der Waals surface area contributed by atoms with E-state index in [1.54, 1.807) is 6.20 Å². The summed E-state index contributed by atoms with van der Waals surface area (Å²) in [6.45, 7) is 3.40. The lowest BCUT2D eigenvalue weighted by Crippen LogP contribution is -2.40. The fourth-order valence-corrected chi connectivity index (χ4v) is 2.16. The zero-order chi connectivity index (χ0) is 11.5. The van der Waals surface area contributed by atoms with Gasteiger partial charge in [-0.05, 0) is 25.7 Å². The minimum Gasteiger partial charge on any atom is -0.393 e. The summed E-state index contributed by atoms with van der Waals surface area (Å²) in [6.07, 6.45) is 4.69. The molecule has 0 bridgehead atoms. The summed E-state index contributed by atoms with van der Waals surface area (Å²) in [4.78, 5) is 20.2. The van der Waals surface area contributed by atoms with E-state index in [1.807, 2.05) is 11.8 Å². The van der Waals surface area contributed by atoms with Gasteiger partial charge in [-0.3, -0.25) is 4.79 Å². The van der Waals surface area contributed by atoms with Crippen molar-refractivity contribution in [2.75, 3.05) is 18.0 Å². The summed E-state index contributed by atoms with van der Waals surface area (Å²) < 4.78 is 0. The predicted molar refractivity (Wildman–Crippen MR) is 61.5 cm³/mol. The first-order valence-corrected chi connectivity index (χ1v) is 5.65. The van der Waals surface area contributed by atoms with Gasteiger partial charge in [-0.15, -0.1) is 0 Å². The molecule has 0 aromatic carbocycles. The van der Waals surface area contributed by atoms with E-state index in [0.717, 1.165) is 25.9 Å². The topological polar surface area (TPSA) is 69.2 Å². The average molecular weight is 223 g/mol. The number of anilines is 1. The molecule has 5 nitrogen and oxygen atoms in total. The number of aliphatic hydroxyl groups is 1. The number of aliphatic hydroxyl groups excluding tert-OH is 1. The molecule has 2 heterocycles. The number of nitrogens with one attached hydrogen (secondary N) is 1. The van der Waals surface area contributed by atoms with Crippen LogP contribution in [0.25, 0.3) is 0 Å². The first-order valence-electron chi connectivity index (χ1n) is 5.65. The molecule has 0 radical (unpaired) electrons. The maximum Gasteiger partial charge on any atom is 0.290 e. The number of piperidine rings is 1. The van der Waals surface area contributed by atoms with Gasteiger partial charge >= 0.3 is 0 Å². The van der Waals surface area contributed by atoms with Crippen molar-refractivity contribution in [2.24, 2.45) is 5.92 Å². The van der Waals surface area contributed by atoms with Crippen molar-refractivity contribution >= 4 is 5.82 Å². The van der Waals surface area contributed by atoms with Gasteiger partial charge in [-0.25, -0.2) is 4.98 Å². The Morgan fingerprint density at radius 3 is 2.81 bits per heavy atom. The molecule has 16 heavy (non-hydrogen) atoms. The minimum absolute atomic E-state index is 0.141. The van der Waals surface area contributed by atoms with Crippen molar-refractivity contribution in [2.45, 2.75) is 25.9 Å². The first kappa shape index (κ1) is 11.1. The summed E-state index contributed by atoms with van der Waals surface area (Å²) in [5.74, 6) is 0.839. The van der Waals surface area contributed by atoms with Gasteiger partial charge in [0.25, 0.3) is 5.56 Å². The van der Waals surface area contributed by atoms with Crippen LogP contribution in [-0.4, -0.2) is 34.3 Å². The molecular formula is C11H17N3O2. The predicted octanol–water partition coefficient (Wildman–Crippen LogP) is 0.367. The molecular weight excluding hydrogens is 206 g/mol. The number of hydrogen-bond donors (Lipinski definition) is 2. The highest BCUT2D eigenvalue weighted by Gasteiger charge is 2.24. The van der Waals surface area contributed by atoms with Crippen molar-refractivity contribution in [1.82, 2.24) is 9.97 Å². The molecule has 1 aliphatic heterocycles. The van der Waals surface area contributed by atoms with Crippen LogP contribution in [-0.2, 0) is 0 Å².